The lowest BCUT2D eigenvalue weighted by Gasteiger charge is -2.15. The van der Waals surface area contributed by atoms with E-state index in [2.05, 4.69) is 15.4 Å². The fraction of sp³-hybridized carbons (Fsp3) is 0.333. The molecule has 0 spiro atoms. The van der Waals surface area contributed by atoms with Gasteiger partial charge < -0.3 is 14.9 Å². The maximum absolute atomic E-state index is 5.75. The Morgan fingerprint density at radius 3 is 2.67 bits per heavy atom. The first kappa shape index (κ1) is 15.2. The topological polar surface area (TPSA) is 82.3 Å². The molecule has 0 fully saturated rings. The molecule has 21 heavy (non-hydrogen) atoms. The molecule has 0 aliphatic rings. The van der Waals surface area contributed by atoms with Gasteiger partial charge in [0, 0.05) is 18.2 Å². The van der Waals surface area contributed by atoms with Crippen LogP contribution in [0.25, 0.3) is 11.4 Å². The number of benzene rings is 1. The molecule has 0 aliphatic heterocycles. The summed E-state index contributed by atoms with van der Waals surface area (Å²) in [6.45, 7) is 5.03. The fourth-order valence-electron chi connectivity index (χ4n) is 1.80. The zero-order valence-electron chi connectivity index (χ0n) is 12.2. The lowest BCUT2D eigenvalue weighted by molar-refractivity contribution is 0.0634. The summed E-state index contributed by atoms with van der Waals surface area (Å²) in [5, 5.41) is 0. The highest BCUT2D eigenvalue weighted by Crippen LogP contribution is 2.21. The minimum atomic E-state index is -0.103. The van der Waals surface area contributed by atoms with Gasteiger partial charge in [-0.15, -0.1) is 0 Å². The Balaban J connectivity index is 2.22. The largest absolute Gasteiger partial charge is 0.472 e. The van der Waals surface area contributed by atoms with Crippen LogP contribution in [0.1, 0.15) is 13.8 Å². The van der Waals surface area contributed by atoms with Crippen LogP contribution in [0.3, 0.4) is 0 Å². The maximum Gasteiger partial charge on any atom is 0.219 e. The van der Waals surface area contributed by atoms with E-state index in [4.69, 9.17) is 15.3 Å². The molecule has 1 aromatic carbocycles. The molecule has 1 heterocycles. The maximum atomic E-state index is 5.75. The average Bonchev–Trinajstić information content (AvgIpc) is 2.53. The van der Waals surface area contributed by atoms with Crippen molar-refractivity contribution in [2.45, 2.75) is 20.0 Å². The van der Waals surface area contributed by atoms with Gasteiger partial charge in [0.15, 0.2) is 5.82 Å². The highest BCUT2D eigenvalue weighted by Gasteiger charge is 2.10. The number of nitrogens with zero attached hydrogens (tertiary/aromatic N) is 2. The Morgan fingerprint density at radius 2 is 2.00 bits per heavy atom. The third-order valence-electron chi connectivity index (χ3n) is 2.76. The number of anilines is 1. The van der Waals surface area contributed by atoms with Crippen molar-refractivity contribution in [3.8, 4) is 17.3 Å². The second-order valence-electron chi connectivity index (χ2n) is 4.51. The Morgan fingerprint density at radius 1 is 1.24 bits per heavy atom. The highest BCUT2D eigenvalue weighted by molar-refractivity contribution is 5.57. The average molecular weight is 288 g/mol. The Bertz CT molecular complexity index is 563. The monoisotopic (exact) mass is 288 g/mol. The molecule has 1 unspecified atom stereocenters. The van der Waals surface area contributed by atoms with E-state index < -0.39 is 0 Å². The molecule has 1 aromatic heterocycles. The number of hydrogen-bond acceptors (Lipinski definition) is 6. The second kappa shape index (κ2) is 7.56. The smallest absolute Gasteiger partial charge is 0.219 e. The lowest BCUT2D eigenvalue weighted by Crippen LogP contribution is -2.20. The van der Waals surface area contributed by atoms with Gasteiger partial charge in [-0.1, -0.05) is 30.3 Å². The zero-order valence-corrected chi connectivity index (χ0v) is 12.2. The van der Waals surface area contributed by atoms with Crippen molar-refractivity contribution in [1.29, 1.82) is 0 Å². The fourth-order valence-corrected chi connectivity index (χ4v) is 1.80. The number of nitrogen functional groups attached to an aromatic ring is 1. The minimum Gasteiger partial charge on any atom is -0.472 e. The van der Waals surface area contributed by atoms with E-state index in [9.17, 15) is 0 Å². The van der Waals surface area contributed by atoms with Crippen molar-refractivity contribution >= 4 is 5.82 Å². The normalized spacial score (nSPS) is 12.0. The summed E-state index contributed by atoms with van der Waals surface area (Å²) < 4.78 is 11.1. The van der Waals surface area contributed by atoms with E-state index in [-0.39, 0.29) is 6.10 Å². The molecule has 0 saturated heterocycles. The van der Waals surface area contributed by atoms with E-state index in [1.165, 1.54) is 0 Å². The van der Waals surface area contributed by atoms with Crippen LogP contribution in [0.4, 0.5) is 5.82 Å². The van der Waals surface area contributed by atoms with Gasteiger partial charge in [0.1, 0.15) is 11.9 Å². The summed E-state index contributed by atoms with van der Waals surface area (Å²) in [6, 6.07) is 11.3. The molecule has 0 saturated carbocycles. The summed E-state index contributed by atoms with van der Waals surface area (Å²) in [4.78, 5) is 8.75. The van der Waals surface area contributed by atoms with Crippen molar-refractivity contribution in [2.24, 2.45) is 5.84 Å². The number of hydrazine groups is 1. The van der Waals surface area contributed by atoms with Crippen LogP contribution in [0, 0.1) is 0 Å². The first-order valence-corrected chi connectivity index (χ1v) is 6.88. The molecular weight excluding hydrogens is 268 g/mol. The van der Waals surface area contributed by atoms with Gasteiger partial charge in [0.05, 0.1) is 6.61 Å². The number of nitrogens with two attached hydrogens (primary N) is 1. The van der Waals surface area contributed by atoms with Gasteiger partial charge in [-0.2, -0.15) is 4.98 Å². The summed E-state index contributed by atoms with van der Waals surface area (Å²) in [6.07, 6.45) is -0.103. The van der Waals surface area contributed by atoms with Crippen molar-refractivity contribution in [3.05, 3.63) is 36.4 Å². The van der Waals surface area contributed by atoms with Crippen LogP contribution in [-0.4, -0.2) is 29.3 Å². The van der Waals surface area contributed by atoms with Gasteiger partial charge in [0.25, 0.3) is 0 Å². The summed E-state index contributed by atoms with van der Waals surface area (Å²) >= 11 is 0. The van der Waals surface area contributed by atoms with Crippen LogP contribution >= 0.6 is 0 Å². The van der Waals surface area contributed by atoms with Gasteiger partial charge in [-0.3, -0.25) is 0 Å². The van der Waals surface area contributed by atoms with Crippen LogP contribution in [0.15, 0.2) is 36.4 Å². The minimum absolute atomic E-state index is 0.103. The molecule has 3 N–H and O–H groups in total. The summed E-state index contributed by atoms with van der Waals surface area (Å²) in [7, 11) is 0. The molecule has 2 aromatic rings. The van der Waals surface area contributed by atoms with E-state index in [1.54, 1.807) is 6.07 Å². The number of ether oxygens (including phenoxy) is 2. The Kier molecular flexibility index (Phi) is 5.48. The van der Waals surface area contributed by atoms with Crippen molar-refractivity contribution in [1.82, 2.24) is 9.97 Å². The predicted molar refractivity (Wildman–Crippen MR) is 81.9 cm³/mol. The van der Waals surface area contributed by atoms with E-state index in [0.29, 0.717) is 30.7 Å². The number of rotatable bonds is 7. The quantitative estimate of drug-likeness (QED) is 0.600. The van der Waals surface area contributed by atoms with Gasteiger partial charge in [-0.25, -0.2) is 10.8 Å². The van der Waals surface area contributed by atoms with E-state index in [0.717, 1.165) is 5.56 Å². The molecule has 6 nitrogen and oxygen atoms in total. The Hall–Kier alpha value is -2.18. The van der Waals surface area contributed by atoms with Crippen LogP contribution in [0.2, 0.25) is 0 Å². The van der Waals surface area contributed by atoms with Crippen molar-refractivity contribution in [2.75, 3.05) is 18.6 Å². The number of aromatic nitrogens is 2. The van der Waals surface area contributed by atoms with Crippen LogP contribution < -0.4 is 16.0 Å². The number of hydrogen-bond donors (Lipinski definition) is 2. The van der Waals surface area contributed by atoms with Gasteiger partial charge in [-0.05, 0) is 13.8 Å². The number of nitrogens with one attached hydrogen (secondary N) is 1. The molecule has 0 aliphatic carbocycles. The molecule has 0 radical (unpaired) electrons. The first-order chi connectivity index (χ1) is 10.2. The van der Waals surface area contributed by atoms with E-state index >= 15 is 0 Å². The molecule has 112 valence electrons. The molecule has 6 heteroatoms. The standard InChI is InChI=1S/C15H20N4O2/c1-3-20-10-11(2)21-14-9-13(19-16)17-15(18-14)12-7-5-4-6-8-12/h4-9,11H,3,10,16H2,1-2H3,(H,17,18,19). The van der Waals surface area contributed by atoms with Crippen molar-refractivity contribution in [3.63, 3.8) is 0 Å². The molecule has 2 rings (SSSR count). The molecule has 0 amide bonds. The SMILES string of the molecule is CCOCC(C)Oc1cc(NN)nc(-c2ccccc2)n1. The van der Waals surface area contributed by atoms with Gasteiger partial charge in [0.2, 0.25) is 5.88 Å². The van der Waals surface area contributed by atoms with Gasteiger partial charge >= 0.3 is 0 Å². The lowest BCUT2D eigenvalue weighted by atomic mass is 10.2. The third kappa shape index (κ3) is 4.40. The Labute approximate surface area is 124 Å². The predicted octanol–water partition coefficient (Wildman–Crippen LogP) is 2.23. The summed E-state index contributed by atoms with van der Waals surface area (Å²) in [5.41, 5.74) is 3.43. The van der Waals surface area contributed by atoms with Crippen LogP contribution in [0.5, 0.6) is 5.88 Å². The zero-order chi connectivity index (χ0) is 15.1. The highest BCUT2D eigenvalue weighted by atomic mass is 16.5. The first-order valence-electron chi connectivity index (χ1n) is 6.88. The third-order valence-corrected chi connectivity index (χ3v) is 2.76. The summed E-state index contributed by atoms with van der Waals surface area (Å²) in [5.74, 6) is 6.98. The van der Waals surface area contributed by atoms with Crippen LogP contribution in [-0.2, 0) is 4.74 Å². The molecule has 0 bridgehead atoms. The van der Waals surface area contributed by atoms with Crippen molar-refractivity contribution < 1.29 is 9.47 Å². The molecular formula is C15H20N4O2. The van der Waals surface area contributed by atoms with E-state index in [1.807, 2.05) is 44.2 Å². The molecule has 1 atom stereocenters. The second-order valence-corrected chi connectivity index (χ2v) is 4.51.